The van der Waals surface area contributed by atoms with Crippen LogP contribution in [0.15, 0.2) is 24.8 Å². The lowest BCUT2D eigenvalue weighted by atomic mass is 10.3. The number of anilines is 1. The molecule has 2 rings (SSSR count). The van der Waals surface area contributed by atoms with E-state index in [4.69, 9.17) is 0 Å². The van der Waals surface area contributed by atoms with Gasteiger partial charge in [0.2, 0.25) is 0 Å². The lowest BCUT2D eigenvalue weighted by Crippen LogP contribution is -2.06. The fraction of sp³-hybridized carbons (Fsp3) is 0.455. The summed E-state index contributed by atoms with van der Waals surface area (Å²) in [5.41, 5.74) is 1.29. The average molecular weight is 328 g/mol. The summed E-state index contributed by atoms with van der Waals surface area (Å²) in [5, 5.41) is 10.5. The van der Waals surface area contributed by atoms with E-state index in [0.717, 1.165) is 9.36 Å². The molecule has 118 valence electrons. The fourth-order valence-electron chi connectivity index (χ4n) is 1.64. The third-order valence-corrected chi connectivity index (χ3v) is 2.47. The number of rotatable bonds is 7. The Hall–Kier alpha value is -1.77. The quantitative estimate of drug-likeness (QED) is 0.795. The van der Waals surface area contributed by atoms with E-state index in [1.54, 1.807) is 0 Å². The van der Waals surface area contributed by atoms with Crippen LogP contribution >= 0.6 is 12.4 Å². The minimum Gasteiger partial charge on any atom is -0.378 e. The van der Waals surface area contributed by atoms with Crippen LogP contribution < -0.4 is 5.32 Å². The van der Waals surface area contributed by atoms with Gasteiger partial charge in [0.15, 0.2) is 0 Å². The maximum Gasteiger partial charge on any atom is 0.257 e. The lowest BCUT2D eigenvalue weighted by Gasteiger charge is -2.01. The van der Waals surface area contributed by atoms with Crippen molar-refractivity contribution in [3.05, 3.63) is 30.4 Å². The summed E-state index contributed by atoms with van der Waals surface area (Å²) in [6, 6.07) is 0. The maximum atomic E-state index is 12.1. The molecule has 0 amide bonds. The Kier molecular flexibility index (Phi) is 6.47. The van der Waals surface area contributed by atoms with Crippen molar-refractivity contribution in [1.29, 1.82) is 0 Å². The molecule has 2 aromatic rings. The summed E-state index contributed by atoms with van der Waals surface area (Å²) in [7, 11) is 0. The zero-order valence-corrected chi connectivity index (χ0v) is 11.6. The molecule has 0 atom stereocenters. The Balaban J connectivity index is 0.00000220. The second-order valence-corrected chi connectivity index (χ2v) is 4.16. The van der Waals surface area contributed by atoms with Gasteiger partial charge in [0.1, 0.15) is 13.1 Å². The van der Waals surface area contributed by atoms with E-state index >= 15 is 0 Å². The van der Waals surface area contributed by atoms with Gasteiger partial charge >= 0.3 is 0 Å². The van der Waals surface area contributed by atoms with Gasteiger partial charge in [0.05, 0.1) is 18.1 Å². The van der Waals surface area contributed by atoms with Crippen molar-refractivity contribution in [1.82, 2.24) is 19.6 Å². The van der Waals surface area contributed by atoms with Crippen molar-refractivity contribution in [2.75, 3.05) is 5.32 Å². The number of halogens is 5. The number of hydrogen-bond acceptors (Lipinski definition) is 3. The molecular formula is C11H14ClF4N5. The van der Waals surface area contributed by atoms with Crippen LogP contribution in [0.4, 0.5) is 23.2 Å². The second-order valence-electron chi connectivity index (χ2n) is 4.16. The third-order valence-electron chi connectivity index (χ3n) is 2.47. The van der Waals surface area contributed by atoms with E-state index in [0.29, 0.717) is 17.8 Å². The van der Waals surface area contributed by atoms with E-state index in [2.05, 4.69) is 15.5 Å². The number of alkyl halides is 4. The van der Waals surface area contributed by atoms with Gasteiger partial charge in [-0.05, 0) is 0 Å². The van der Waals surface area contributed by atoms with Crippen LogP contribution in [0, 0.1) is 0 Å². The summed E-state index contributed by atoms with van der Waals surface area (Å²) >= 11 is 0. The first-order valence-corrected chi connectivity index (χ1v) is 5.87. The van der Waals surface area contributed by atoms with Crippen molar-refractivity contribution in [3.63, 3.8) is 0 Å². The van der Waals surface area contributed by atoms with Crippen LogP contribution in [-0.4, -0.2) is 32.4 Å². The molecule has 0 aromatic carbocycles. The van der Waals surface area contributed by atoms with Gasteiger partial charge in [-0.15, -0.1) is 12.4 Å². The zero-order chi connectivity index (χ0) is 14.5. The Labute approximate surface area is 124 Å². The van der Waals surface area contributed by atoms with E-state index in [-0.39, 0.29) is 12.4 Å². The molecule has 0 bridgehead atoms. The molecule has 0 spiro atoms. The first kappa shape index (κ1) is 17.3. The molecule has 10 heteroatoms. The van der Waals surface area contributed by atoms with Gasteiger partial charge in [-0.1, -0.05) is 0 Å². The number of nitrogens with one attached hydrogen (secondary N) is 1. The highest BCUT2D eigenvalue weighted by Crippen LogP contribution is 2.09. The Morgan fingerprint density at radius 1 is 0.952 bits per heavy atom. The first-order chi connectivity index (χ1) is 9.52. The Bertz CT molecular complexity index is 494. The van der Waals surface area contributed by atoms with Crippen LogP contribution in [0.25, 0.3) is 0 Å². The van der Waals surface area contributed by atoms with Gasteiger partial charge in [-0.3, -0.25) is 9.36 Å². The van der Waals surface area contributed by atoms with Crippen molar-refractivity contribution >= 4 is 18.1 Å². The summed E-state index contributed by atoms with van der Waals surface area (Å²) in [4.78, 5) is 0. The highest BCUT2D eigenvalue weighted by molar-refractivity contribution is 5.85. The van der Waals surface area contributed by atoms with Crippen LogP contribution in [0.5, 0.6) is 0 Å². The molecule has 0 fully saturated rings. The van der Waals surface area contributed by atoms with Crippen LogP contribution in [0.1, 0.15) is 5.56 Å². The summed E-state index contributed by atoms with van der Waals surface area (Å²) in [5.74, 6) is 0. The number of aromatic nitrogens is 4. The molecular weight excluding hydrogens is 314 g/mol. The summed E-state index contributed by atoms with van der Waals surface area (Å²) < 4.78 is 50.8. The van der Waals surface area contributed by atoms with Gasteiger partial charge in [0, 0.05) is 24.5 Å². The molecule has 2 aromatic heterocycles. The van der Waals surface area contributed by atoms with Gasteiger partial charge in [-0.25, -0.2) is 17.6 Å². The lowest BCUT2D eigenvalue weighted by molar-refractivity contribution is 0.121. The van der Waals surface area contributed by atoms with E-state index in [1.165, 1.54) is 24.8 Å². The number of hydrogen-bond donors (Lipinski definition) is 1. The molecule has 2 heterocycles. The summed E-state index contributed by atoms with van der Waals surface area (Å²) in [6.07, 6.45) is 0.933. The van der Waals surface area contributed by atoms with E-state index < -0.39 is 25.9 Å². The standard InChI is InChI=1S/C11H13F4N5.ClH/c12-10(13)6-19-4-8(2-17-19)1-16-9-3-18-20(5-9)7-11(14)15;/h2-5,10-11,16H,1,6-7H2;1H. The predicted molar refractivity (Wildman–Crippen MR) is 71.0 cm³/mol. The monoisotopic (exact) mass is 327 g/mol. The summed E-state index contributed by atoms with van der Waals surface area (Å²) in [6.45, 7) is -0.566. The molecule has 0 saturated carbocycles. The third kappa shape index (κ3) is 5.62. The average Bonchev–Trinajstić information content (AvgIpc) is 2.94. The maximum absolute atomic E-state index is 12.1. The predicted octanol–water partition coefficient (Wildman–Crippen LogP) is 2.64. The molecule has 0 unspecified atom stereocenters. The van der Waals surface area contributed by atoms with Gasteiger partial charge in [-0.2, -0.15) is 10.2 Å². The highest BCUT2D eigenvalue weighted by Gasteiger charge is 2.07. The van der Waals surface area contributed by atoms with Crippen LogP contribution in [-0.2, 0) is 19.6 Å². The molecule has 0 radical (unpaired) electrons. The van der Waals surface area contributed by atoms with E-state index in [9.17, 15) is 17.6 Å². The second kappa shape index (κ2) is 7.87. The largest absolute Gasteiger partial charge is 0.378 e. The van der Waals surface area contributed by atoms with Crippen molar-refractivity contribution < 1.29 is 17.6 Å². The molecule has 1 N–H and O–H groups in total. The highest BCUT2D eigenvalue weighted by atomic mass is 35.5. The van der Waals surface area contributed by atoms with Crippen molar-refractivity contribution in [3.8, 4) is 0 Å². The van der Waals surface area contributed by atoms with E-state index in [1.807, 2.05) is 0 Å². The molecule has 0 aliphatic rings. The minimum absolute atomic E-state index is 0. The van der Waals surface area contributed by atoms with Crippen LogP contribution in [0.2, 0.25) is 0 Å². The molecule has 0 aliphatic heterocycles. The van der Waals surface area contributed by atoms with Crippen molar-refractivity contribution in [2.45, 2.75) is 32.5 Å². The fourth-order valence-corrected chi connectivity index (χ4v) is 1.64. The molecule has 0 aliphatic carbocycles. The molecule has 0 saturated heterocycles. The topological polar surface area (TPSA) is 47.7 Å². The smallest absolute Gasteiger partial charge is 0.257 e. The molecule has 5 nitrogen and oxygen atoms in total. The van der Waals surface area contributed by atoms with Gasteiger partial charge < -0.3 is 5.32 Å². The van der Waals surface area contributed by atoms with Crippen molar-refractivity contribution in [2.24, 2.45) is 0 Å². The number of nitrogens with zero attached hydrogens (tertiary/aromatic N) is 4. The van der Waals surface area contributed by atoms with Crippen LogP contribution in [0.3, 0.4) is 0 Å². The van der Waals surface area contributed by atoms with Gasteiger partial charge in [0.25, 0.3) is 12.9 Å². The Morgan fingerprint density at radius 3 is 2.14 bits per heavy atom. The molecule has 21 heavy (non-hydrogen) atoms. The zero-order valence-electron chi connectivity index (χ0n) is 10.8. The normalized spacial score (nSPS) is 11.0. The Morgan fingerprint density at radius 2 is 1.52 bits per heavy atom. The first-order valence-electron chi connectivity index (χ1n) is 5.87. The minimum atomic E-state index is -2.46. The SMILES string of the molecule is Cl.FC(F)Cn1cc(CNc2cnn(CC(F)F)c2)cn1.